The van der Waals surface area contributed by atoms with Crippen molar-refractivity contribution in [3.63, 3.8) is 0 Å². The zero-order chi connectivity index (χ0) is 40.3. The second kappa shape index (κ2) is 17.0. The smallest absolute Gasteiger partial charge is 0.264 e. The average molecular weight is 801 g/mol. The van der Waals surface area contributed by atoms with Gasteiger partial charge in [-0.15, -0.1) is 0 Å². The number of ether oxygens (including phenoxy) is 1. The lowest BCUT2D eigenvalue weighted by Gasteiger charge is -2.38. The van der Waals surface area contributed by atoms with Crippen molar-refractivity contribution in [3.05, 3.63) is 99.4 Å². The lowest BCUT2D eigenvalue weighted by molar-refractivity contribution is -0.136. The van der Waals surface area contributed by atoms with Crippen molar-refractivity contribution in [2.24, 2.45) is 11.8 Å². The van der Waals surface area contributed by atoms with Crippen LogP contribution in [0.3, 0.4) is 0 Å². The second-order valence-electron chi connectivity index (χ2n) is 15.9. The number of hydrogen-bond donors (Lipinski definition) is 1. The summed E-state index contributed by atoms with van der Waals surface area (Å²) in [4.78, 5) is 75.5. The van der Waals surface area contributed by atoms with E-state index in [-0.39, 0.29) is 30.8 Å². The summed E-state index contributed by atoms with van der Waals surface area (Å²) in [5.74, 6) is 6.30. The summed E-state index contributed by atoms with van der Waals surface area (Å²) in [5, 5.41) is 2.62. The fraction of sp³-hybridized carbons (Fsp3) is 0.422. The number of fused-ring (bicyclic) bond motifs is 1. The molecule has 0 saturated carbocycles. The van der Waals surface area contributed by atoms with Gasteiger partial charge < -0.3 is 19.4 Å². The van der Waals surface area contributed by atoms with E-state index in [1.54, 1.807) is 30.3 Å². The predicted molar refractivity (Wildman–Crippen MR) is 218 cm³/mol. The highest BCUT2D eigenvalue weighted by Gasteiger charge is 2.46. The Labute approximate surface area is 343 Å². The number of nitrogens with zero attached hydrogens (tertiary/aromatic N) is 5. The third kappa shape index (κ3) is 8.31. The SMILES string of the molecule is [C-]#[N+]c1ccc(OC2CCCN(C(=O)c3ccc(C#CC4CCN(CC5CCN(c6cccc7c6C(=O)N(C6CCC(=O)NC6=O)C7=O)CC5)CC4)cc3)C2)cc1Cl. The van der Waals surface area contributed by atoms with Gasteiger partial charge in [-0.25, -0.2) is 4.85 Å². The number of piperidine rings is 4. The highest BCUT2D eigenvalue weighted by molar-refractivity contribution is 6.33. The molecule has 1 N–H and O–H groups in total. The molecule has 0 spiro atoms. The molecular weight excluding hydrogens is 756 g/mol. The van der Waals surface area contributed by atoms with Gasteiger partial charge in [0.1, 0.15) is 17.9 Å². The first kappa shape index (κ1) is 39.2. The molecule has 0 aliphatic carbocycles. The molecule has 298 valence electrons. The quantitative estimate of drug-likeness (QED) is 0.177. The standard InChI is InChI=1S/C45H45ClN6O6/c1-47-37-14-13-33(26-36(37)46)58-34-4-3-21-51(28-34)43(55)32-11-9-29(10-12-32)7-8-30-17-22-49(23-18-30)27-31-19-24-50(25-20-31)38-6-2-5-35-41(38)45(57)52(44(35)56)39-15-16-40(53)48-42(39)54/h2,5-6,9-14,26,30-31,34,39H,3-4,15-25,27-28H2,(H,48,53,54). The van der Waals surface area contributed by atoms with Crippen LogP contribution < -0.4 is 15.0 Å². The third-order valence-corrected chi connectivity index (χ3v) is 12.4. The minimum atomic E-state index is -0.978. The Bertz CT molecular complexity index is 2230. The number of nitrogens with one attached hydrogen (secondary N) is 1. The van der Waals surface area contributed by atoms with Gasteiger partial charge in [0.15, 0.2) is 0 Å². The van der Waals surface area contributed by atoms with E-state index in [1.807, 2.05) is 35.2 Å². The summed E-state index contributed by atoms with van der Waals surface area (Å²) in [6.45, 7) is 12.9. The van der Waals surface area contributed by atoms with E-state index in [2.05, 4.69) is 31.8 Å². The molecule has 8 rings (SSSR count). The van der Waals surface area contributed by atoms with E-state index in [0.29, 0.717) is 58.1 Å². The Kier molecular flexibility index (Phi) is 11.5. The molecule has 0 radical (unpaired) electrons. The molecule has 2 atom stereocenters. The molecule has 3 aromatic rings. The van der Waals surface area contributed by atoms with Gasteiger partial charge in [-0.05, 0) is 112 Å². The van der Waals surface area contributed by atoms with Gasteiger partial charge in [-0.3, -0.25) is 34.2 Å². The highest BCUT2D eigenvalue weighted by Crippen LogP contribution is 2.36. The van der Waals surface area contributed by atoms with E-state index >= 15 is 0 Å². The molecule has 5 heterocycles. The Balaban J connectivity index is 0.784. The summed E-state index contributed by atoms with van der Waals surface area (Å²) in [6.07, 6.45) is 5.71. The zero-order valence-electron chi connectivity index (χ0n) is 32.3. The lowest BCUT2D eigenvalue weighted by atomic mass is 9.92. The largest absolute Gasteiger partial charge is 0.489 e. The number of likely N-dealkylation sites (tertiary alicyclic amines) is 2. The number of imide groups is 2. The van der Waals surface area contributed by atoms with Crippen molar-refractivity contribution in [2.75, 3.05) is 50.7 Å². The van der Waals surface area contributed by atoms with Crippen LogP contribution in [0.1, 0.15) is 88.0 Å². The van der Waals surface area contributed by atoms with E-state index in [9.17, 15) is 24.0 Å². The number of carbonyl (C=O) groups excluding carboxylic acids is 5. The summed E-state index contributed by atoms with van der Waals surface area (Å²) >= 11 is 6.19. The maximum absolute atomic E-state index is 13.6. The average Bonchev–Trinajstić information content (AvgIpc) is 3.49. The number of anilines is 1. The molecule has 0 aromatic heterocycles. The molecule has 58 heavy (non-hydrogen) atoms. The van der Waals surface area contributed by atoms with Gasteiger partial charge in [-0.2, -0.15) is 0 Å². The second-order valence-corrected chi connectivity index (χ2v) is 16.3. The van der Waals surface area contributed by atoms with E-state index in [1.165, 1.54) is 0 Å². The van der Waals surface area contributed by atoms with Crippen LogP contribution in [-0.4, -0.2) is 102 Å². The minimum Gasteiger partial charge on any atom is -0.489 e. The molecular formula is C45H45ClN6O6. The Morgan fingerprint density at radius 1 is 0.897 bits per heavy atom. The molecule has 5 amide bonds. The molecule has 4 fully saturated rings. The maximum atomic E-state index is 13.6. The molecule has 3 aromatic carbocycles. The molecule has 12 nitrogen and oxygen atoms in total. The van der Waals surface area contributed by atoms with Gasteiger partial charge in [0.2, 0.25) is 17.5 Å². The van der Waals surface area contributed by atoms with Crippen molar-refractivity contribution in [1.82, 2.24) is 20.0 Å². The van der Waals surface area contributed by atoms with Crippen LogP contribution in [0, 0.1) is 30.2 Å². The molecule has 13 heteroatoms. The number of amides is 5. The lowest BCUT2D eigenvalue weighted by Crippen LogP contribution is -2.54. The van der Waals surface area contributed by atoms with E-state index in [4.69, 9.17) is 22.9 Å². The van der Waals surface area contributed by atoms with E-state index in [0.717, 1.165) is 87.4 Å². The fourth-order valence-corrected chi connectivity index (χ4v) is 9.08. The van der Waals surface area contributed by atoms with Crippen molar-refractivity contribution >= 4 is 52.5 Å². The summed E-state index contributed by atoms with van der Waals surface area (Å²) in [7, 11) is 0. The van der Waals surface area contributed by atoms with Crippen molar-refractivity contribution in [2.45, 2.75) is 63.5 Å². The first-order valence-electron chi connectivity index (χ1n) is 20.2. The number of benzene rings is 3. The summed E-state index contributed by atoms with van der Waals surface area (Å²) in [6, 6.07) is 17.0. The van der Waals surface area contributed by atoms with Crippen LogP contribution in [0.4, 0.5) is 11.4 Å². The first-order chi connectivity index (χ1) is 28.1. The zero-order valence-corrected chi connectivity index (χ0v) is 33.0. The van der Waals surface area contributed by atoms with Crippen molar-refractivity contribution in [3.8, 4) is 17.6 Å². The van der Waals surface area contributed by atoms with Crippen molar-refractivity contribution < 1.29 is 28.7 Å². The topological polar surface area (TPSA) is 124 Å². The van der Waals surface area contributed by atoms with Crippen LogP contribution >= 0.6 is 11.6 Å². The molecule has 5 aliphatic heterocycles. The normalized spacial score (nSPS) is 21.9. The van der Waals surface area contributed by atoms with E-state index < -0.39 is 23.8 Å². The van der Waals surface area contributed by atoms with Crippen LogP contribution in [0.5, 0.6) is 5.75 Å². The molecule has 0 bridgehead atoms. The molecule has 2 unspecified atom stereocenters. The summed E-state index contributed by atoms with van der Waals surface area (Å²) < 4.78 is 6.13. The molecule has 4 saturated heterocycles. The van der Waals surface area contributed by atoms with Gasteiger partial charge in [0.25, 0.3) is 17.7 Å². The third-order valence-electron chi connectivity index (χ3n) is 12.1. The molecule has 5 aliphatic rings. The van der Waals surface area contributed by atoms with Crippen molar-refractivity contribution in [1.29, 1.82) is 0 Å². The van der Waals surface area contributed by atoms with Gasteiger partial charge in [0.05, 0.1) is 35.0 Å². The monoisotopic (exact) mass is 800 g/mol. The van der Waals surface area contributed by atoms with Crippen LogP contribution in [0.15, 0.2) is 60.7 Å². The highest BCUT2D eigenvalue weighted by atomic mass is 35.5. The van der Waals surface area contributed by atoms with Crippen LogP contribution in [0.25, 0.3) is 4.85 Å². The first-order valence-corrected chi connectivity index (χ1v) is 20.6. The van der Waals surface area contributed by atoms with Gasteiger partial charge >= 0.3 is 0 Å². The Hall–Kier alpha value is -5.69. The number of rotatable bonds is 7. The predicted octanol–water partition coefficient (Wildman–Crippen LogP) is 5.96. The Morgan fingerprint density at radius 3 is 2.40 bits per heavy atom. The Morgan fingerprint density at radius 2 is 1.67 bits per heavy atom. The number of hydrogen-bond acceptors (Lipinski definition) is 8. The van der Waals surface area contributed by atoms with Gasteiger partial charge in [-0.1, -0.05) is 35.6 Å². The van der Waals surface area contributed by atoms with Crippen LogP contribution in [0.2, 0.25) is 5.02 Å². The van der Waals surface area contributed by atoms with Crippen LogP contribution in [-0.2, 0) is 9.59 Å². The number of halogens is 1. The fourth-order valence-electron chi connectivity index (χ4n) is 8.87. The number of carbonyl (C=O) groups is 5. The minimum absolute atomic E-state index is 0.0271. The van der Waals surface area contributed by atoms with Gasteiger partial charge in [0, 0.05) is 49.6 Å². The summed E-state index contributed by atoms with van der Waals surface area (Å²) in [5.41, 5.74) is 3.31. The maximum Gasteiger partial charge on any atom is 0.264 e.